The second-order valence-corrected chi connectivity index (χ2v) is 13.8. The van der Waals surface area contributed by atoms with Crippen molar-refractivity contribution in [2.45, 2.75) is 0 Å². The predicted molar refractivity (Wildman–Crippen MR) is 206 cm³/mol. The molecule has 214 valence electrons. The van der Waals surface area contributed by atoms with Crippen LogP contribution in [0.2, 0.25) is 0 Å². The first kappa shape index (κ1) is 26.5. The first-order valence-electron chi connectivity index (χ1n) is 15.6. The van der Waals surface area contributed by atoms with Crippen molar-refractivity contribution in [1.29, 1.82) is 0 Å². The van der Waals surface area contributed by atoms with Crippen LogP contribution in [0.25, 0.3) is 97.7 Å². The summed E-state index contributed by atoms with van der Waals surface area (Å²) in [7, 11) is 0. The fraction of sp³-hybridized carbons (Fsp3) is 0. The third kappa shape index (κ3) is 3.54. The van der Waals surface area contributed by atoms with E-state index in [4.69, 9.17) is 0 Å². The number of hydrogen-bond acceptors (Lipinski definition) is 0. The molecule has 0 amide bonds. The third-order valence-corrected chi connectivity index (χ3v) is 11.6. The Morgan fingerprint density at radius 3 is 0.870 bits per heavy atom. The Hall–Kier alpha value is -4.76. The molecule has 0 saturated heterocycles. The zero-order valence-electron chi connectivity index (χ0n) is 24.6. The maximum Gasteiger partial charge on any atom is 0.0332 e. The Morgan fingerprint density at radius 1 is 0.261 bits per heavy atom. The van der Waals surface area contributed by atoms with Gasteiger partial charge in [-0.05, 0) is 130 Å². The molecule has 0 saturated carbocycles. The lowest BCUT2D eigenvalue weighted by molar-refractivity contribution is 1.70. The molecule has 46 heavy (non-hydrogen) atoms. The Balaban J connectivity index is 1.36. The van der Waals surface area contributed by atoms with Gasteiger partial charge in [-0.3, -0.25) is 0 Å². The van der Waals surface area contributed by atoms with E-state index in [1.807, 2.05) is 0 Å². The van der Waals surface area contributed by atoms with Gasteiger partial charge in [0.1, 0.15) is 0 Å². The average Bonchev–Trinajstić information content (AvgIpc) is 3.12. The van der Waals surface area contributed by atoms with Crippen molar-refractivity contribution < 1.29 is 0 Å². The SMILES string of the molecule is Brc1c2ccccc2c(-c2ccc3ccc4c(-c5c6ccccc6c(Br)c6ccccc56)ccc5ccc2c3c54)c2ccccc12. The summed E-state index contributed by atoms with van der Waals surface area (Å²) in [6, 6.07) is 53.7. The van der Waals surface area contributed by atoms with Gasteiger partial charge in [0.15, 0.2) is 0 Å². The van der Waals surface area contributed by atoms with E-state index >= 15 is 0 Å². The lowest BCUT2D eigenvalue weighted by Crippen LogP contribution is -1.93. The molecule has 0 bridgehead atoms. The van der Waals surface area contributed by atoms with Gasteiger partial charge in [-0.25, -0.2) is 0 Å². The van der Waals surface area contributed by atoms with Crippen molar-refractivity contribution in [2.75, 3.05) is 0 Å². The topological polar surface area (TPSA) is 0 Å². The van der Waals surface area contributed by atoms with E-state index < -0.39 is 0 Å². The molecular weight excluding hydrogens is 688 g/mol. The molecule has 0 N–H and O–H groups in total. The summed E-state index contributed by atoms with van der Waals surface area (Å²) >= 11 is 7.92. The highest BCUT2D eigenvalue weighted by Gasteiger charge is 2.21. The Kier molecular flexibility index (Phi) is 5.68. The van der Waals surface area contributed by atoms with Crippen LogP contribution in [0.5, 0.6) is 0 Å². The molecule has 10 aromatic carbocycles. The summed E-state index contributed by atoms with van der Waals surface area (Å²) in [5.41, 5.74) is 5.12. The number of halogens is 2. The summed E-state index contributed by atoms with van der Waals surface area (Å²) in [5, 5.41) is 17.8. The van der Waals surface area contributed by atoms with Gasteiger partial charge in [0.05, 0.1) is 0 Å². The number of hydrogen-bond donors (Lipinski definition) is 0. The van der Waals surface area contributed by atoms with Crippen molar-refractivity contribution >= 4 is 107 Å². The van der Waals surface area contributed by atoms with Crippen molar-refractivity contribution in [2.24, 2.45) is 0 Å². The Labute approximate surface area is 282 Å². The fourth-order valence-corrected chi connectivity index (χ4v) is 9.35. The van der Waals surface area contributed by atoms with Crippen molar-refractivity contribution in [3.05, 3.63) is 155 Å². The normalized spacial score (nSPS) is 12.1. The van der Waals surface area contributed by atoms with Gasteiger partial charge < -0.3 is 0 Å². The predicted octanol–water partition coefficient (Wildman–Crippen LogP) is 14.1. The molecule has 0 aromatic heterocycles. The molecule has 0 nitrogen and oxygen atoms in total. The van der Waals surface area contributed by atoms with Crippen LogP contribution in [-0.2, 0) is 0 Å². The van der Waals surface area contributed by atoms with Crippen LogP contribution in [0.4, 0.5) is 0 Å². The molecule has 0 aliphatic rings. The van der Waals surface area contributed by atoms with Gasteiger partial charge in [-0.2, -0.15) is 0 Å². The van der Waals surface area contributed by atoms with Gasteiger partial charge in [0.25, 0.3) is 0 Å². The molecule has 0 radical (unpaired) electrons. The zero-order valence-corrected chi connectivity index (χ0v) is 27.8. The molecule has 2 heteroatoms. The van der Waals surface area contributed by atoms with Crippen LogP contribution in [-0.4, -0.2) is 0 Å². The summed E-state index contributed by atoms with van der Waals surface area (Å²) in [6.07, 6.45) is 0. The van der Waals surface area contributed by atoms with Crippen LogP contribution >= 0.6 is 31.9 Å². The fourth-order valence-electron chi connectivity index (χ4n) is 7.97. The summed E-state index contributed by atoms with van der Waals surface area (Å²) in [6.45, 7) is 0. The molecule has 10 rings (SSSR count). The molecule has 0 fully saturated rings. The van der Waals surface area contributed by atoms with Crippen LogP contribution in [0.1, 0.15) is 0 Å². The first-order valence-corrected chi connectivity index (χ1v) is 17.2. The first-order chi connectivity index (χ1) is 22.7. The smallest absolute Gasteiger partial charge is 0.0332 e. The second-order valence-electron chi connectivity index (χ2n) is 12.2. The van der Waals surface area contributed by atoms with Crippen LogP contribution < -0.4 is 0 Å². The third-order valence-electron chi connectivity index (χ3n) is 9.93. The summed E-state index contributed by atoms with van der Waals surface area (Å²) in [4.78, 5) is 0. The van der Waals surface area contributed by atoms with Gasteiger partial charge in [-0.15, -0.1) is 0 Å². The minimum atomic E-state index is 1.15. The largest absolute Gasteiger partial charge is 0.0616 e. The van der Waals surface area contributed by atoms with Gasteiger partial charge in [0.2, 0.25) is 0 Å². The number of fused-ring (bicyclic) bond motifs is 4. The lowest BCUT2D eigenvalue weighted by atomic mass is 9.84. The van der Waals surface area contributed by atoms with Crippen molar-refractivity contribution in [3.63, 3.8) is 0 Å². The Bertz CT molecular complexity index is 2570. The highest BCUT2D eigenvalue weighted by Crippen LogP contribution is 2.49. The Morgan fingerprint density at radius 2 is 0.543 bits per heavy atom. The van der Waals surface area contributed by atoms with Crippen LogP contribution in [0, 0.1) is 0 Å². The molecular formula is C44H24Br2. The number of rotatable bonds is 2. The standard InChI is InChI=1S/C44H24Br2/c45-43-35-13-5-1-9-27(35)41(28-10-2-6-14-36(28)43)33-23-19-25-18-22-32-34(24-20-26-17-21-31(33)39(25)40(26)32)42-29-11-3-7-15-37(29)44(46)38-16-8-4-12-30(38)42/h1-24H. The molecule has 10 aromatic rings. The molecule has 0 spiro atoms. The maximum atomic E-state index is 3.96. The van der Waals surface area contributed by atoms with Crippen LogP contribution in [0.15, 0.2) is 155 Å². The highest BCUT2D eigenvalue weighted by molar-refractivity contribution is 9.11. The molecule has 0 atom stereocenters. The van der Waals surface area contributed by atoms with E-state index in [0.717, 1.165) is 8.95 Å². The zero-order chi connectivity index (χ0) is 30.5. The molecule has 0 heterocycles. The molecule has 0 aliphatic heterocycles. The van der Waals surface area contributed by atoms with E-state index in [2.05, 4.69) is 177 Å². The summed E-state index contributed by atoms with van der Waals surface area (Å²) in [5.74, 6) is 0. The average molecular weight is 712 g/mol. The van der Waals surface area contributed by atoms with Crippen LogP contribution in [0.3, 0.4) is 0 Å². The van der Waals surface area contributed by atoms with Gasteiger partial charge >= 0.3 is 0 Å². The van der Waals surface area contributed by atoms with Gasteiger partial charge in [0, 0.05) is 8.95 Å². The quantitative estimate of drug-likeness (QED) is 0.124. The van der Waals surface area contributed by atoms with Gasteiger partial charge in [-0.1, -0.05) is 146 Å². The van der Waals surface area contributed by atoms with E-state index in [0.29, 0.717) is 0 Å². The molecule has 0 aliphatic carbocycles. The summed E-state index contributed by atoms with van der Waals surface area (Å²) < 4.78 is 2.30. The maximum absolute atomic E-state index is 3.96. The van der Waals surface area contributed by atoms with Crippen molar-refractivity contribution in [1.82, 2.24) is 0 Å². The monoisotopic (exact) mass is 710 g/mol. The molecule has 0 unspecified atom stereocenters. The van der Waals surface area contributed by atoms with E-state index in [-0.39, 0.29) is 0 Å². The highest BCUT2D eigenvalue weighted by atomic mass is 79.9. The minimum absolute atomic E-state index is 1.15. The minimum Gasteiger partial charge on any atom is -0.0616 e. The van der Waals surface area contributed by atoms with Crippen molar-refractivity contribution in [3.8, 4) is 22.3 Å². The van der Waals surface area contributed by atoms with E-state index in [1.54, 1.807) is 0 Å². The lowest BCUT2D eigenvalue weighted by Gasteiger charge is -2.20. The number of benzene rings is 10. The second kappa shape index (κ2) is 9.87. The van der Waals surface area contributed by atoms with E-state index in [1.165, 1.54) is 97.7 Å². The van der Waals surface area contributed by atoms with E-state index in [9.17, 15) is 0 Å².